The molecule has 19 heavy (non-hydrogen) atoms. The van der Waals surface area contributed by atoms with E-state index in [0.29, 0.717) is 22.7 Å². The van der Waals surface area contributed by atoms with Crippen LogP contribution in [0.5, 0.6) is 5.88 Å². The van der Waals surface area contributed by atoms with Crippen molar-refractivity contribution in [3.8, 4) is 5.88 Å². The van der Waals surface area contributed by atoms with Gasteiger partial charge >= 0.3 is 0 Å². The van der Waals surface area contributed by atoms with Crippen molar-refractivity contribution in [3.05, 3.63) is 53.2 Å². The predicted octanol–water partition coefficient (Wildman–Crippen LogP) is 1.49. The molecule has 2 rings (SSSR count). The molecule has 0 spiro atoms. The summed E-state index contributed by atoms with van der Waals surface area (Å²) in [4.78, 5) is 8.21. The topological polar surface area (TPSA) is 73.1 Å². The number of nitrogens with one attached hydrogen (secondary N) is 1. The molecule has 1 aromatic carbocycles. The van der Waals surface area contributed by atoms with Gasteiger partial charge in [-0.25, -0.2) is 14.8 Å². The lowest BCUT2D eigenvalue weighted by Crippen LogP contribution is -2.30. The summed E-state index contributed by atoms with van der Waals surface area (Å²) in [6.45, 7) is 1.69. The summed E-state index contributed by atoms with van der Waals surface area (Å²) in [5, 5.41) is 0. The fourth-order valence-corrected chi connectivity index (χ4v) is 1.90. The maximum Gasteiger partial charge on any atom is 0.237 e. The second-order valence-corrected chi connectivity index (χ2v) is 4.03. The van der Waals surface area contributed by atoms with Gasteiger partial charge in [0.25, 0.3) is 0 Å². The van der Waals surface area contributed by atoms with Crippen LogP contribution in [0, 0.1) is 12.7 Å². The lowest BCUT2D eigenvalue weighted by molar-refractivity contribution is 0.382. The minimum Gasteiger partial charge on any atom is -0.480 e. The van der Waals surface area contributed by atoms with Gasteiger partial charge in [-0.15, -0.1) is 0 Å². The highest BCUT2D eigenvalue weighted by molar-refractivity contribution is 5.35. The van der Waals surface area contributed by atoms with Crippen molar-refractivity contribution in [2.75, 3.05) is 7.11 Å². The number of nitrogens with zero attached hydrogens (tertiary/aromatic N) is 2. The van der Waals surface area contributed by atoms with Gasteiger partial charge in [0.2, 0.25) is 5.88 Å². The molecule has 0 fully saturated rings. The number of rotatable bonds is 4. The number of ether oxygens (including phenoxy) is 1. The van der Waals surface area contributed by atoms with E-state index >= 15 is 0 Å². The van der Waals surface area contributed by atoms with E-state index in [9.17, 15) is 4.39 Å². The summed E-state index contributed by atoms with van der Waals surface area (Å²) in [6, 6.07) is 4.49. The fraction of sp³-hybridized carbons (Fsp3) is 0.231. The summed E-state index contributed by atoms with van der Waals surface area (Å²) < 4.78 is 19.3. The van der Waals surface area contributed by atoms with Crippen molar-refractivity contribution in [1.29, 1.82) is 0 Å². The Bertz CT molecular complexity index is 576. The zero-order valence-corrected chi connectivity index (χ0v) is 10.7. The predicted molar refractivity (Wildman–Crippen MR) is 68.9 cm³/mol. The third-order valence-electron chi connectivity index (χ3n) is 2.86. The van der Waals surface area contributed by atoms with Crippen molar-refractivity contribution in [2.24, 2.45) is 5.84 Å². The Morgan fingerprint density at radius 3 is 2.74 bits per heavy atom. The molecule has 0 bridgehead atoms. The summed E-state index contributed by atoms with van der Waals surface area (Å²) in [5.74, 6) is 5.53. The van der Waals surface area contributed by atoms with Gasteiger partial charge in [-0.1, -0.05) is 18.2 Å². The number of aryl methyl sites for hydroxylation is 1. The third-order valence-corrected chi connectivity index (χ3v) is 2.86. The lowest BCUT2D eigenvalue weighted by Gasteiger charge is -2.18. The zero-order chi connectivity index (χ0) is 13.8. The number of hydrogen-bond donors (Lipinski definition) is 2. The van der Waals surface area contributed by atoms with E-state index in [4.69, 9.17) is 10.6 Å². The molecule has 2 aromatic rings. The molecule has 0 aliphatic heterocycles. The van der Waals surface area contributed by atoms with E-state index in [1.54, 1.807) is 25.1 Å². The minimum atomic E-state index is -0.622. The summed E-state index contributed by atoms with van der Waals surface area (Å²) in [6.07, 6.45) is 3.01. The number of aromatic nitrogens is 2. The number of halogens is 1. The molecule has 6 heteroatoms. The fourth-order valence-electron chi connectivity index (χ4n) is 1.90. The molecule has 1 heterocycles. The van der Waals surface area contributed by atoms with E-state index in [-0.39, 0.29) is 5.82 Å². The van der Waals surface area contributed by atoms with E-state index in [2.05, 4.69) is 15.4 Å². The van der Waals surface area contributed by atoms with Gasteiger partial charge in [0.15, 0.2) is 0 Å². The lowest BCUT2D eigenvalue weighted by atomic mass is 10.0. The van der Waals surface area contributed by atoms with E-state index in [0.717, 1.165) is 0 Å². The van der Waals surface area contributed by atoms with Crippen LogP contribution in [-0.4, -0.2) is 17.1 Å². The number of hydrazine groups is 1. The highest BCUT2D eigenvalue weighted by atomic mass is 19.1. The summed E-state index contributed by atoms with van der Waals surface area (Å²) in [7, 11) is 1.48. The van der Waals surface area contributed by atoms with Crippen molar-refractivity contribution in [3.63, 3.8) is 0 Å². The van der Waals surface area contributed by atoms with Gasteiger partial charge in [-0.2, -0.15) is 0 Å². The molecule has 1 atom stereocenters. The Labute approximate surface area is 110 Å². The van der Waals surface area contributed by atoms with Crippen LogP contribution in [0.4, 0.5) is 4.39 Å². The SMILES string of the molecule is COc1nccnc1C(NN)c1cccc(C)c1F. The standard InChI is InChI=1S/C13H15FN4O/c1-8-4-3-5-9(10(8)14)11(18-15)12-13(19-2)17-7-6-16-12/h3-7,11,18H,15H2,1-2H3. The van der Waals surface area contributed by atoms with Crippen molar-refractivity contribution < 1.29 is 9.13 Å². The third kappa shape index (κ3) is 2.54. The highest BCUT2D eigenvalue weighted by Crippen LogP contribution is 2.28. The molecule has 0 amide bonds. The Morgan fingerprint density at radius 1 is 1.32 bits per heavy atom. The molecule has 0 radical (unpaired) electrons. The van der Waals surface area contributed by atoms with Crippen LogP contribution < -0.4 is 16.0 Å². The first kappa shape index (κ1) is 13.4. The molecule has 5 nitrogen and oxygen atoms in total. The molecule has 100 valence electrons. The van der Waals surface area contributed by atoms with E-state index < -0.39 is 6.04 Å². The normalized spacial score (nSPS) is 12.2. The number of methoxy groups -OCH3 is 1. The van der Waals surface area contributed by atoms with Gasteiger partial charge in [0.1, 0.15) is 11.5 Å². The number of nitrogens with two attached hydrogens (primary N) is 1. The van der Waals surface area contributed by atoms with Gasteiger partial charge in [0, 0.05) is 18.0 Å². The second-order valence-electron chi connectivity index (χ2n) is 4.03. The first-order valence-electron chi connectivity index (χ1n) is 5.75. The van der Waals surface area contributed by atoms with Crippen LogP contribution in [0.3, 0.4) is 0 Å². The maximum atomic E-state index is 14.2. The molecule has 3 N–H and O–H groups in total. The van der Waals surface area contributed by atoms with Crippen molar-refractivity contribution in [2.45, 2.75) is 13.0 Å². The maximum absolute atomic E-state index is 14.2. The first-order chi connectivity index (χ1) is 9.19. The molecular formula is C13H15FN4O. The van der Waals surface area contributed by atoms with E-state index in [1.807, 2.05) is 0 Å². The molecule has 0 saturated carbocycles. The largest absolute Gasteiger partial charge is 0.480 e. The van der Waals surface area contributed by atoms with Gasteiger partial charge in [-0.05, 0) is 12.5 Å². The van der Waals surface area contributed by atoms with Crippen molar-refractivity contribution >= 4 is 0 Å². The smallest absolute Gasteiger partial charge is 0.237 e. The highest BCUT2D eigenvalue weighted by Gasteiger charge is 2.22. The molecule has 1 aromatic heterocycles. The van der Waals surface area contributed by atoms with Crippen LogP contribution in [0.15, 0.2) is 30.6 Å². The monoisotopic (exact) mass is 262 g/mol. The van der Waals surface area contributed by atoms with Crippen molar-refractivity contribution in [1.82, 2.24) is 15.4 Å². The molecule has 0 saturated heterocycles. The molecule has 1 unspecified atom stereocenters. The second kappa shape index (κ2) is 5.73. The molecular weight excluding hydrogens is 247 g/mol. The van der Waals surface area contributed by atoms with Crippen LogP contribution in [0.25, 0.3) is 0 Å². The number of hydrogen-bond acceptors (Lipinski definition) is 5. The Kier molecular flexibility index (Phi) is 4.03. The van der Waals surface area contributed by atoms with Gasteiger partial charge in [-0.3, -0.25) is 10.8 Å². The zero-order valence-electron chi connectivity index (χ0n) is 10.7. The average Bonchev–Trinajstić information content (AvgIpc) is 2.45. The van der Waals surface area contributed by atoms with Crippen LogP contribution in [0.2, 0.25) is 0 Å². The van der Waals surface area contributed by atoms with Crippen LogP contribution >= 0.6 is 0 Å². The first-order valence-corrected chi connectivity index (χ1v) is 5.75. The van der Waals surface area contributed by atoms with Crippen LogP contribution in [0.1, 0.15) is 22.9 Å². The van der Waals surface area contributed by atoms with Gasteiger partial charge in [0.05, 0.1) is 13.2 Å². The van der Waals surface area contributed by atoms with E-state index in [1.165, 1.54) is 19.5 Å². The Balaban J connectivity index is 2.53. The molecule has 0 aliphatic carbocycles. The van der Waals surface area contributed by atoms with Gasteiger partial charge < -0.3 is 4.74 Å². The summed E-state index contributed by atoms with van der Waals surface area (Å²) >= 11 is 0. The minimum absolute atomic E-state index is 0.311. The average molecular weight is 262 g/mol. The summed E-state index contributed by atoms with van der Waals surface area (Å²) in [5.41, 5.74) is 3.94. The molecule has 0 aliphatic rings. The quantitative estimate of drug-likeness (QED) is 0.645. The Hall–Kier alpha value is -2.05. The van der Waals surface area contributed by atoms with Crippen LogP contribution in [-0.2, 0) is 0 Å². The number of benzene rings is 1. The Morgan fingerprint density at radius 2 is 2.05 bits per heavy atom.